The van der Waals surface area contributed by atoms with Gasteiger partial charge in [0.15, 0.2) is 6.10 Å². The number of aromatic nitrogens is 2. The molecule has 0 aliphatic rings. The van der Waals surface area contributed by atoms with Gasteiger partial charge in [-0.25, -0.2) is 4.98 Å². The number of ether oxygens (including phenoxy) is 1. The minimum absolute atomic E-state index is 0.192. The molecule has 1 amide bonds. The van der Waals surface area contributed by atoms with E-state index in [9.17, 15) is 9.59 Å². The fourth-order valence-corrected chi connectivity index (χ4v) is 2.77. The van der Waals surface area contributed by atoms with Crippen LogP contribution >= 0.6 is 0 Å². The SMILES string of the molecule is Cc1cccc(OC(C)C(=O)N(C)Cc2nc3ccccc3c(=O)[nH]2)c1. The summed E-state index contributed by atoms with van der Waals surface area (Å²) < 4.78 is 5.73. The maximum atomic E-state index is 12.6. The number of rotatable bonds is 5. The van der Waals surface area contributed by atoms with Gasteiger partial charge in [0.2, 0.25) is 0 Å². The first-order valence-corrected chi connectivity index (χ1v) is 8.40. The van der Waals surface area contributed by atoms with Crippen molar-refractivity contribution in [3.05, 3.63) is 70.3 Å². The van der Waals surface area contributed by atoms with Gasteiger partial charge in [-0.3, -0.25) is 9.59 Å². The van der Waals surface area contributed by atoms with E-state index < -0.39 is 6.10 Å². The van der Waals surface area contributed by atoms with Gasteiger partial charge in [-0.15, -0.1) is 0 Å². The molecule has 1 atom stereocenters. The van der Waals surface area contributed by atoms with Gasteiger partial charge in [-0.2, -0.15) is 0 Å². The zero-order valence-electron chi connectivity index (χ0n) is 15.0. The fourth-order valence-electron chi connectivity index (χ4n) is 2.77. The Bertz CT molecular complexity index is 997. The summed E-state index contributed by atoms with van der Waals surface area (Å²) >= 11 is 0. The van der Waals surface area contributed by atoms with Crippen molar-refractivity contribution in [2.75, 3.05) is 7.05 Å². The summed E-state index contributed by atoms with van der Waals surface area (Å²) in [5.74, 6) is 0.895. The van der Waals surface area contributed by atoms with Gasteiger partial charge < -0.3 is 14.6 Å². The lowest BCUT2D eigenvalue weighted by Crippen LogP contribution is -2.38. The average molecular weight is 351 g/mol. The first kappa shape index (κ1) is 17.7. The summed E-state index contributed by atoms with van der Waals surface area (Å²) in [5, 5.41) is 0.529. The number of para-hydroxylation sites is 1. The third-order valence-corrected chi connectivity index (χ3v) is 4.08. The number of likely N-dealkylation sites (N-methyl/N-ethyl adjacent to an activating group) is 1. The standard InChI is InChI=1S/C20H21N3O3/c1-13-7-6-8-15(11-13)26-14(2)20(25)23(3)12-18-21-17-10-5-4-9-16(17)19(24)22-18/h4-11,14H,12H2,1-3H3,(H,21,22,24). The molecule has 0 saturated heterocycles. The van der Waals surface area contributed by atoms with Crippen LogP contribution in [0.3, 0.4) is 0 Å². The number of aryl methyl sites for hydroxylation is 1. The highest BCUT2D eigenvalue weighted by Crippen LogP contribution is 2.15. The van der Waals surface area contributed by atoms with Gasteiger partial charge in [-0.1, -0.05) is 24.3 Å². The number of fused-ring (bicyclic) bond motifs is 1. The van der Waals surface area contributed by atoms with E-state index in [0.717, 1.165) is 5.56 Å². The molecule has 3 aromatic rings. The third kappa shape index (κ3) is 3.91. The highest BCUT2D eigenvalue weighted by molar-refractivity contribution is 5.81. The van der Waals surface area contributed by atoms with Crippen LogP contribution < -0.4 is 10.3 Å². The zero-order valence-corrected chi connectivity index (χ0v) is 15.0. The van der Waals surface area contributed by atoms with Crippen molar-refractivity contribution in [1.29, 1.82) is 0 Å². The van der Waals surface area contributed by atoms with E-state index in [4.69, 9.17) is 4.74 Å². The van der Waals surface area contributed by atoms with Crippen molar-refractivity contribution in [1.82, 2.24) is 14.9 Å². The molecule has 1 N–H and O–H groups in total. The van der Waals surface area contributed by atoms with E-state index in [1.807, 2.05) is 37.3 Å². The predicted molar refractivity (Wildman–Crippen MR) is 100 cm³/mol. The number of amides is 1. The van der Waals surface area contributed by atoms with Crippen molar-refractivity contribution in [2.24, 2.45) is 0 Å². The molecule has 134 valence electrons. The zero-order chi connectivity index (χ0) is 18.7. The summed E-state index contributed by atoms with van der Waals surface area (Å²) in [5.41, 5.74) is 1.46. The second-order valence-electron chi connectivity index (χ2n) is 6.30. The van der Waals surface area contributed by atoms with Gasteiger partial charge in [-0.05, 0) is 43.7 Å². The molecule has 0 aliphatic heterocycles. The second-order valence-corrected chi connectivity index (χ2v) is 6.30. The summed E-state index contributed by atoms with van der Waals surface area (Å²) in [6.07, 6.45) is -0.644. The minimum atomic E-state index is -0.644. The van der Waals surface area contributed by atoms with Gasteiger partial charge in [0, 0.05) is 7.05 Å². The number of benzene rings is 2. The number of carbonyl (C=O) groups is 1. The summed E-state index contributed by atoms with van der Waals surface area (Å²) in [7, 11) is 1.66. The van der Waals surface area contributed by atoms with E-state index in [1.165, 1.54) is 4.90 Å². The molecule has 6 heteroatoms. The van der Waals surface area contributed by atoms with Crippen LogP contribution in [0.2, 0.25) is 0 Å². The molecule has 26 heavy (non-hydrogen) atoms. The van der Waals surface area contributed by atoms with Crippen LogP contribution in [-0.2, 0) is 11.3 Å². The normalized spacial score (nSPS) is 12.0. The molecule has 3 rings (SSSR count). The lowest BCUT2D eigenvalue weighted by Gasteiger charge is -2.22. The molecule has 0 aliphatic carbocycles. The van der Waals surface area contributed by atoms with Gasteiger partial charge in [0.25, 0.3) is 11.5 Å². The number of nitrogens with zero attached hydrogens (tertiary/aromatic N) is 2. The largest absolute Gasteiger partial charge is 0.481 e. The van der Waals surface area contributed by atoms with Crippen molar-refractivity contribution < 1.29 is 9.53 Å². The fraction of sp³-hybridized carbons (Fsp3) is 0.250. The van der Waals surface area contributed by atoms with Crippen LogP contribution in [0.1, 0.15) is 18.3 Å². The molecule has 1 heterocycles. The van der Waals surface area contributed by atoms with Crippen LogP contribution in [0.25, 0.3) is 10.9 Å². The predicted octanol–water partition coefficient (Wildman–Crippen LogP) is 2.66. The Morgan fingerprint density at radius 1 is 1.23 bits per heavy atom. The van der Waals surface area contributed by atoms with E-state index >= 15 is 0 Å². The molecule has 1 aromatic heterocycles. The summed E-state index contributed by atoms with van der Waals surface area (Å²) in [6, 6.07) is 14.7. The monoisotopic (exact) mass is 351 g/mol. The Morgan fingerprint density at radius 2 is 2.00 bits per heavy atom. The summed E-state index contributed by atoms with van der Waals surface area (Å²) in [6.45, 7) is 3.87. The molecule has 0 bridgehead atoms. The molecular weight excluding hydrogens is 330 g/mol. The number of hydrogen-bond acceptors (Lipinski definition) is 4. The van der Waals surface area contributed by atoms with E-state index in [1.54, 1.807) is 32.2 Å². The van der Waals surface area contributed by atoms with Crippen LogP contribution in [-0.4, -0.2) is 33.9 Å². The maximum absolute atomic E-state index is 12.6. The van der Waals surface area contributed by atoms with Crippen molar-refractivity contribution >= 4 is 16.8 Å². The van der Waals surface area contributed by atoms with Gasteiger partial charge in [0.05, 0.1) is 17.4 Å². The quantitative estimate of drug-likeness (QED) is 0.767. The molecule has 2 aromatic carbocycles. The molecule has 0 radical (unpaired) electrons. The molecule has 1 unspecified atom stereocenters. The maximum Gasteiger partial charge on any atom is 0.263 e. The molecular formula is C20H21N3O3. The molecule has 0 fully saturated rings. The Kier molecular flexibility index (Phi) is 5.02. The highest BCUT2D eigenvalue weighted by atomic mass is 16.5. The van der Waals surface area contributed by atoms with Gasteiger partial charge in [0.1, 0.15) is 11.6 Å². The number of nitrogens with one attached hydrogen (secondary N) is 1. The lowest BCUT2D eigenvalue weighted by atomic mass is 10.2. The number of hydrogen-bond donors (Lipinski definition) is 1. The highest BCUT2D eigenvalue weighted by Gasteiger charge is 2.20. The van der Waals surface area contributed by atoms with Crippen LogP contribution in [0.4, 0.5) is 0 Å². The van der Waals surface area contributed by atoms with Crippen molar-refractivity contribution in [2.45, 2.75) is 26.5 Å². The van der Waals surface area contributed by atoms with Crippen LogP contribution in [0.15, 0.2) is 53.3 Å². The van der Waals surface area contributed by atoms with E-state index in [-0.39, 0.29) is 18.0 Å². The number of aromatic amines is 1. The molecule has 0 spiro atoms. The van der Waals surface area contributed by atoms with Crippen molar-refractivity contribution in [3.8, 4) is 5.75 Å². The smallest absolute Gasteiger partial charge is 0.263 e. The molecule has 0 saturated carbocycles. The van der Waals surface area contributed by atoms with Crippen molar-refractivity contribution in [3.63, 3.8) is 0 Å². The Labute approximate surface area is 151 Å². The van der Waals surface area contributed by atoms with Crippen LogP contribution in [0.5, 0.6) is 5.75 Å². The van der Waals surface area contributed by atoms with E-state index in [2.05, 4.69) is 9.97 Å². The minimum Gasteiger partial charge on any atom is -0.481 e. The number of carbonyl (C=O) groups excluding carboxylic acids is 1. The lowest BCUT2D eigenvalue weighted by molar-refractivity contribution is -0.137. The molecule has 6 nitrogen and oxygen atoms in total. The van der Waals surface area contributed by atoms with E-state index in [0.29, 0.717) is 22.5 Å². The topological polar surface area (TPSA) is 75.3 Å². The Hall–Kier alpha value is -3.15. The first-order chi connectivity index (χ1) is 12.4. The summed E-state index contributed by atoms with van der Waals surface area (Å²) in [4.78, 5) is 33.3. The van der Waals surface area contributed by atoms with Crippen LogP contribution in [0, 0.1) is 6.92 Å². The third-order valence-electron chi connectivity index (χ3n) is 4.08. The Balaban J connectivity index is 1.71. The Morgan fingerprint density at radius 3 is 2.77 bits per heavy atom. The number of H-pyrrole nitrogens is 1. The first-order valence-electron chi connectivity index (χ1n) is 8.40. The average Bonchev–Trinajstić information content (AvgIpc) is 2.61. The van der Waals surface area contributed by atoms with Gasteiger partial charge >= 0.3 is 0 Å². The second kappa shape index (κ2) is 7.39.